The number of amidine groups is 1. The second-order valence-electron chi connectivity index (χ2n) is 7.51. The zero-order valence-corrected chi connectivity index (χ0v) is 19.4. The molecule has 0 atom stereocenters. The van der Waals surface area contributed by atoms with Crippen LogP contribution in [0.15, 0.2) is 76.6 Å². The van der Waals surface area contributed by atoms with Crippen molar-refractivity contribution >= 4 is 39.0 Å². The number of hydrogen-bond acceptors (Lipinski definition) is 6. The molecule has 0 fully saturated rings. The molecule has 0 aromatic heterocycles. The molecule has 1 aliphatic rings. The Morgan fingerprint density at radius 1 is 1.03 bits per heavy atom. The molecule has 35 heavy (non-hydrogen) atoms. The fourth-order valence-electron chi connectivity index (χ4n) is 3.45. The molecule has 0 unspecified atom stereocenters. The zero-order valence-electron chi connectivity index (χ0n) is 18.5. The third-order valence-corrected chi connectivity index (χ3v) is 6.49. The number of halogens is 1. The summed E-state index contributed by atoms with van der Waals surface area (Å²) in [5.74, 6) is -0.896. The number of amides is 2. The highest BCUT2D eigenvalue weighted by Gasteiger charge is 2.29. The van der Waals surface area contributed by atoms with Crippen molar-refractivity contribution in [2.24, 2.45) is 4.99 Å². The van der Waals surface area contributed by atoms with Gasteiger partial charge in [0.1, 0.15) is 17.4 Å². The maximum Gasteiger partial charge on any atom is 0.263 e. The number of methoxy groups -OCH3 is 1. The molecular weight excluding hydrogens is 475 g/mol. The van der Waals surface area contributed by atoms with Crippen molar-refractivity contribution in [3.8, 4) is 5.75 Å². The van der Waals surface area contributed by atoms with Crippen LogP contribution in [0.5, 0.6) is 5.75 Å². The van der Waals surface area contributed by atoms with Crippen LogP contribution < -0.4 is 20.1 Å². The molecule has 3 aromatic rings. The van der Waals surface area contributed by atoms with Crippen LogP contribution in [0.2, 0.25) is 0 Å². The Hall–Kier alpha value is -4.25. The molecule has 0 bridgehead atoms. The van der Waals surface area contributed by atoms with E-state index in [1.54, 1.807) is 30.3 Å². The number of fused-ring (bicyclic) bond motifs is 1. The van der Waals surface area contributed by atoms with Crippen LogP contribution in [-0.2, 0) is 14.8 Å². The molecule has 0 radical (unpaired) electrons. The highest BCUT2D eigenvalue weighted by molar-refractivity contribution is 7.90. The number of carbonyl (C=O) groups excluding carboxylic acids is 2. The van der Waals surface area contributed by atoms with Gasteiger partial charge in [-0.05, 0) is 48.5 Å². The predicted molar refractivity (Wildman–Crippen MR) is 129 cm³/mol. The number of anilines is 2. The van der Waals surface area contributed by atoms with Crippen molar-refractivity contribution < 1.29 is 27.1 Å². The summed E-state index contributed by atoms with van der Waals surface area (Å²) in [6.07, 6.45) is -0.00952. The maximum atomic E-state index is 13.4. The van der Waals surface area contributed by atoms with E-state index in [9.17, 15) is 22.4 Å². The summed E-state index contributed by atoms with van der Waals surface area (Å²) in [7, 11) is -2.22. The second-order valence-corrected chi connectivity index (χ2v) is 9.16. The number of sulfonamides is 1. The van der Waals surface area contributed by atoms with Crippen LogP contribution in [0.4, 0.5) is 15.8 Å². The molecule has 9 nitrogen and oxygen atoms in total. The van der Waals surface area contributed by atoms with Crippen LogP contribution in [-0.4, -0.2) is 39.7 Å². The molecule has 0 aliphatic carbocycles. The van der Waals surface area contributed by atoms with Crippen molar-refractivity contribution in [2.75, 3.05) is 24.3 Å². The van der Waals surface area contributed by atoms with Gasteiger partial charge in [-0.1, -0.05) is 18.2 Å². The Labute approximate surface area is 201 Å². The molecule has 2 amide bonds. The summed E-state index contributed by atoms with van der Waals surface area (Å²) in [5.41, 5.74) is 1.27. The van der Waals surface area contributed by atoms with E-state index in [-0.39, 0.29) is 40.9 Å². The van der Waals surface area contributed by atoms with Crippen molar-refractivity contribution in [3.63, 3.8) is 0 Å². The van der Waals surface area contributed by atoms with Gasteiger partial charge in [0.05, 0.1) is 24.2 Å². The zero-order chi connectivity index (χ0) is 25.0. The lowest BCUT2D eigenvalue weighted by Gasteiger charge is -2.13. The normalized spacial score (nSPS) is 14.6. The second kappa shape index (κ2) is 9.94. The quantitative estimate of drug-likeness (QED) is 0.463. The van der Waals surface area contributed by atoms with E-state index >= 15 is 0 Å². The first-order valence-corrected chi connectivity index (χ1v) is 12.0. The van der Waals surface area contributed by atoms with Gasteiger partial charge in [0, 0.05) is 23.2 Å². The number of carbonyl (C=O) groups is 2. The molecule has 180 valence electrons. The summed E-state index contributed by atoms with van der Waals surface area (Å²) < 4.78 is 45.4. The van der Waals surface area contributed by atoms with Gasteiger partial charge in [-0.3, -0.25) is 19.3 Å². The molecule has 3 N–H and O–H groups in total. The smallest absolute Gasteiger partial charge is 0.263 e. The van der Waals surface area contributed by atoms with E-state index in [1.165, 1.54) is 37.4 Å². The van der Waals surface area contributed by atoms with Gasteiger partial charge in [0.2, 0.25) is 5.91 Å². The number of aliphatic imine (C=N–C) groups is 1. The van der Waals surface area contributed by atoms with E-state index in [1.807, 2.05) is 0 Å². The van der Waals surface area contributed by atoms with Crippen LogP contribution in [0.25, 0.3) is 0 Å². The average Bonchev–Trinajstić information content (AvgIpc) is 3.09. The monoisotopic (exact) mass is 496 g/mol. The Morgan fingerprint density at radius 3 is 2.60 bits per heavy atom. The topological polar surface area (TPSA) is 126 Å². The summed E-state index contributed by atoms with van der Waals surface area (Å²) in [6.45, 7) is 0.0529. The van der Waals surface area contributed by atoms with Crippen LogP contribution in [0, 0.1) is 5.82 Å². The van der Waals surface area contributed by atoms with E-state index in [2.05, 4.69) is 20.3 Å². The minimum Gasteiger partial charge on any atom is -0.495 e. The van der Waals surface area contributed by atoms with Gasteiger partial charge in [-0.2, -0.15) is 0 Å². The van der Waals surface area contributed by atoms with Crippen LogP contribution in [0.1, 0.15) is 22.3 Å². The van der Waals surface area contributed by atoms with Crippen molar-refractivity contribution in [1.82, 2.24) is 4.72 Å². The van der Waals surface area contributed by atoms with Crippen molar-refractivity contribution in [2.45, 2.75) is 11.3 Å². The third kappa shape index (κ3) is 5.46. The van der Waals surface area contributed by atoms with Gasteiger partial charge in [-0.25, -0.2) is 12.8 Å². The Kier molecular flexibility index (Phi) is 6.78. The van der Waals surface area contributed by atoms with Crippen molar-refractivity contribution in [1.29, 1.82) is 0 Å². The van der Waals surface area contributed by atoms with E-state index in [0.717, 1.165) is 6.07 Å². The number of rotatable bonds is 7. The largest absolute Gasteiger partial charge is 0.495 e. The predicted octanol–water partition coefficient (Wildman–Crippen LogP) is 3.15. The number of hydrogen-bond donors (Lipinski definition) is 3. The van der Waals surface area contributed by atoms with E-state index < -0.39 is 21.7 Å². The minimum absolute atomic E-state index is 0.00952. The molecule has 11 heteroatoms. The first kappa shape index (κ1) is 23.9. The Balaban J connectivity index is 1.41. The summed E-state index contributed by atoms with van der Waals surface area (Å²) in [4.78, 5) is 29.3. The summed E-state index contributed by atoms with van der Waals surface area (Å²) in [5, 5.41) is 5.35. The molecule has 0 saturated carbocycles. The number of benzene rings is 3. The van der Waals surface area contributed by atoms with E-state index in [0.29, 0.717) is 17.0 Å². The molecule has 0 spiro atoms. The summed E-state index contributed by atoms with van der Waals surface area (Å²) >= 11 is 0. The molecule has 3 aromatic carbocycles. The number of ether oxygens (including phenoxy) is 1. The third-order valence-electron chi connectivity index (χ3n) is 5.09. The molecule has 0 saturated heterocycles. The summed E-state index contributed by atoms with van der Waals surface area (Å²) in [6, 6.07) is 16.4. The number of nitrogens with zero attached hydrogens (tertiary/aromatic N) is 1. The van der Waals surface area contributed by atoms with Crippen LogP contribution in [0.3, 0.4) is 0 Å². The molecule has 4 rings (SSSR count). The molecule has 1 aliphatic heterocycles. The average molecular weight is 497 g/mol. The fraction of sp³-hybridized carbons (Fsp3) is 0.125. The fourth-order valence-corrected chi connectivity index (χ4v) is 4.70. The van der Waals surface area contributed by atoms with Gasteiger partial charge in [0.25, 0.3) is 15.9 Å². The van der Waals surface area contributed by atoms with Crippen LogP contribution >= 0.6 is 0 Å². The molecule has 1 heterocycles. The Bertz CT molecular complexity index is 1440. The first-order chi connectivity index (χ1) is 16.8. The highest BCUT2D eigenvalue weighted by Crippen LogP contribution is 2.28. The van der Waals surface area contributed by atoms with Gasteiger partial charge >= 0.3 is 0 Å². The first-order valence-electron chi connectivity index (χ1n) is 10.5. The van der Waals surface area contributed by atoms with Gasteiger partial charge in [0.15, 0.2) is 0 Å². The lowest BCUT2D eigenvalue weighted by atomic mass is 10.2. The van der Waals surface area contributed by atoms with Gasteiger partial charge in [-0.15, -0.1) is 0 Å². The lowest BCUT2D eigenvalue weighted by Crippen LogP contribution is -2.23. The minimum atomic E-state index is -3.65. The number of nitrogens with one attached hydrogen (secondary N) is 3. The maximum absolute atomic E-state index is 13.4. The van der Waals surface area contributed by atoms with E-state index in [4.69, 9.17) is 4.74 Å². The lowest BCUT2D eigenvalue weighted by molar-refractivity contribution is -0.116. The SMILES string of the molecule is COc1ccc(NC(=O)CCN=C2NS(=O)(=O)c3ccccc32)cc1NC(=O)c1cccc(F)c1. The van der Waals surface area contributed by atoms with Gasteiger partial charge < -0.3 is 15.4 Å². The molecular formula is C24H21FN4O5S. The van der Waals surface area contributed by atoms with Crippen molar-refractivity contribution in [3.05, 3.63) is 83.7 Å². The Morgan fingerprint density at radius 2 is 1.83 bits per heavy atom. The highest BCUT2D eigenvalue weighted by atomic mass is 32.2. The standard InChI is InChI=1S/C24H21FN4O5S/c1-34-20-10-9-17(14-19(20)28-24(31)15-5-4-6-16(25)13-15)27-22(30)11-12-26-23-18-7-2-3-8-21(18)35(32,33)29-23/h2-10,13-14H,11-12H2,1H3,(H,26,29)(H,27,30)(H,28,31).